The van der Waals surface area contributed by atoms with E-state index in [1.165, 1.54) is 12.1 Å². The molecule has 0 spiro atoms. The van der Waals surface area contributed by atoms with Gasteiger partial charge in [0.1, 0.15) is 5.82 Å². The van der Waals surface area contributed by atoms with Crippen molar-refractivity contribution in [3.8, 4) is 0 Å². The Morgan fingerprint density at radius 2 is 1.74 bits per heavy atom. The summed E-state index contributed by atoms with van der Waals surface area (Å²) >= 11 is 6.61. The Morgan fingerprint density at radius 1 is 1.11 bits per heavy atom. The van der Waals surface area contributed by atoms with E-state index in [2.05, 4.69) is 37.2 Å². The van der Waals surface area contributed by atoms with Crippen LogP contribution >= 0.6 is 31.9 Å². The second-order valence-corrected chi connectivity index (χ2v) is 5.68. The molecule has 0 unspecified atom stereocenters. The van der Waals surface area contributed by atoms with Crippen LogP contribution in [0.25, 0.3) is 0 Å². The molecule has 0 heterocycles. The van der Waals surface area contributed by atoms with Crippen molar-refractivity contribution in [3.05, 3.63) is 56.7 Å². The third-order valence-corrected chi connectivity index (χ3v) is 3.30. The summed E-state index contributed by atoms with van der Waals surface area (Å²) < 4.78 is 14.5. The Hall–Kier alpha value is -1.40. The van der Waals surface area contributed by atoms with Crippen molar-refractivity contribution in [1.82, 2.24) is 0 Å². The Balaban J connectivity index is 2.25. The van der Waals surface area contributed by atoms with Gasteiger partial charge in [-0.25, -0.2) is 4.39 Å². The molecule has 0 atom stereocenters. The maximum atomic E-state index is 12.9. The third-order valence-electron chi connectivity index (χ3n) is 2.39. The van der Waals surface area contributed by atoms with Gasteiger partial charge in [0.2, 0.25) is 0 Å². The van der Waals surface area contributed by atoms with Gasteiger partial charge in [-0.1, -0.05) is 31.9 Å². The van der Waals surface area contributed by atoms with E-state index >= 15 is 0 Å². The number of hydrogen-bond donors (Lipinski definition) is 2. The first kappa shape index (κ1) is 14.0. The first-order chi connectivity index (χ1) is 8.95. The van der Waals surface area contributed by atoms with E-state index in [-0.39, 0.29) is 11.6 Å². The summed E-state index contributed by atoms with van der Waals surface area (Å²) in [5.74, 6) is -0.763. The number of halogens is 3. The Labute approximate surface area is 126 Å². The Morgan fingerprint density at radius 3 is 2.32 bits per heavy atom. The van der Waals surface area contributed by atoms with Crippen molar-refractivity contribution in [2.24, 2.45) is 0 Å². The molecule has 3 N–H and O–H groups in total. The number of benzene rings is 2. The molecule has 0 saturated heterocycles. The molecule has 2 rings (SSSR count). The molecule has 0 aliphatic carbocycles. The van der Waals surface area contributed by atoms with Gasteiger partial charge < -0.3 is 11.1 Å². The summed E-state index contributed by atoms with van der Waals surface area (Å²) in [5, 5.41) is 2.64. The lowest BCUT2D eigenvalue weighted by molar-refractivity contribution is 0.102. The highest BCUT2D eigenvalue weighted by Crippen LogP contribution is 2.23. The monoisotopic (exact) mass is 386 g/mol. The van der Waals surface area contributed by atoms with E-state index in [1.54, 1.807) is 12.1 Å². The van der Waals surface area contributed by atoms with Gasteiger partial charge in [0.05, 0.1) is 11.4 Å². The van der Waals surface area contributed by atoms with E-state index in [1.807, 2.05) is 6.07 Å². The Kier molecular flexibility index (Phi) is 4.21. The van der Waals surface area contributed by atoms with Crippen LogP contribution in [0.5, 0.6) is 0 Å². The van der Waals surface area contributed by atoms with Crippen LogP contribution in [0.1, 0.15) is 10.4 Å². The third kappa shape index (κ3) is 3.54. The average molecular weight is 388 g/mol. The smallest absolute Gasteiger partial charge is 0.255 e. The standard InChI is InChI=1S/C13H9Br2FN2O/c14-8-3-7(4-9(15)5-8)13(19)18-12-2-1-10(16)6-11(12)17/h1-6H,17H2,(H,18,19). The fraction of sp³-hybridized carbons (Fsp3) is 0. The lowest BCUT2D eigenvalue weighted by Crippen LogP contribution is -2.13. The number of carbonyl (C=O) groups is 1. The van der Waals surface area contributed by atoms with Crippen LogP contribution in [0, 0.1) is 5.82 Å². The highest BCUT2D eigenvalue weighted by atomic mass is 79.9. The number of carbonyl (C=O) groups excluding carboxylic acids is 1. The normalized spacial score (nSPS) is 10.3. The molecule has 6 heteroatoms. The molecule has 2 aromatic carbocycles. The van der Waals surface area contributed by atoms with Crippen molar-refractivity contribution in [3.63, 3.8) is 0 Å². The highest BCUT2D eigenvalue weighted by molar-refractivity contribution is 9.11. The van der Waals surface area contributed by atoms with Gasteiger partial charge >= 0.3 is 0 Å². The van der Waals surface area contributed by atoms with Crippen LogP contribution in [-0.2, 0) is 0 Å². The maximum Gasteiger partial charge on any atom is 0.255 e. The van der Waals surface area contributed by atoms with Crippen LogP contribution in [0.4, 0.5) is 15.8 Å². The molecule has 0 aliphatic rings. The van der Waals surface area contributed by atoms with E-state index in [0.29, 0.717) is 11.3 Å². The van der Waals surface area contributed by atoms with Gasteiger partial charge in [0.25, 0.3) is 5.91 Å². The molecular weight excluding hydrogens is 379 g/mol. The minimum atomic E-state index is -0.444. The SMILES string of the molecule is Nc1cc(F)ccc1NC(=O)c1cc(Br)cc(Br)c1. The number of nitrogens with one attached hydrogen (secondary N) is 1. The van der Waals surface area contributed by atoms with Crippen LogP contribution in [0.15, 0.2) is 45.3 Å². The summed E-state index contributed by atoms with van der Waals surface area (Å²) in [6.07, 6.45) is 0. The highest BCUT2D eigenvalue weighted by Gasteiger charge is 2.10. The number of nitrogen functional groups attached to an aromatic ring is 1. The van der Waals surface area contributed by atoms with Crippen molar-refractivity contribution in [1.29, 1.82) is 0 Å². The largest absolute Gasteiger partial charge is 0.397 e. The first-order valence-corrected chi connectivity index (χ1v) is 6.87. The van der Waals surface area contributed by atoms with Gasteiger partial charge in [-0.3, -0.25) is 4.79 Å². The predicted molar refractivity (Wildman–Crippen MR) is 80.6 cm³/mol. The topological polar surface area (TPSA) is 55.1 Å². The maximum absolute atomic E-state index is 12.9. The van der Waals surface area contributed by atoms with E-state index in [0.717, 1.165) is 15.0 Å². The number of hydrogen-bond acceptors (Lipinski definition) is 2. The molecule has 3 nitrogen and oxygen atoms in total. The Bertz CT molecular complexity index is 626. The van der Waals surface area contributed by atoms with Crippen LogP contribution in [0.3, 0.4) is 0 Å². The lowest BCUT2D eigenvalue weighted by Gasteiger charge is -2.08. The van der Waals surface area contributed by atoms with Crippen molar-refractivity contribution >= 4 is 49.1 Å². The first-order valence-electron chi connectivity index (χ1n) is 5.28. The van der Waals surface area contributed by atoms with Gasteiger partial charge in [0.15, 0.2) is 0 Å². The molecule has 98 valence electrons. The number of nitrogens with two attached hydrogens (primary N) is 1. The van der Waals surface area contributed by atoms with Crippen molar-refractivity contribution in [2.45, 2.75) is 0 Å². The number of rotatable bonds is 2. The molecule has 0 radical (unpaired) electrons. The summed E-state index contributed by atoms with van der Waals surface area (Å²) in [6.45, 7) is 0. The second-order valence-electron chi connectivity index (χ2n) is 3.84. The predicted octanol–water partition coefficient (Wildman–Crippen LogP) is 4.19. The van der Waals surface area contributed by atoms with Gasteiger partial charge in [-0.15, -0.1) is 0 Å². The molecule has 0 aliphatic heterocycles. The van der Waals surface area contributed by atoms with Gasteiger partial charge in [0, 0.05) is 14.5 Å². The quantitative estimate of drug-likeness (QED) is 0.759. The molecule has 0 fully saturated rings. The minimum absolute atomic E-state index is 0.183. The molecule has 0 bridgehead atoms. The second kappa shape index (κ2) is 5.71. The van der Waals surface area contributed by atoms with Gasteiger partial charge in [-0.05, 0) is 36.4 Å². The molecule has 2 aromatic rings. The fourth-order valence-electron chi connectivity index (χ4n) is 1.53. The van der Waals surface area contributed by atoms with E-state index < -0.39 is 5.82 Å². The molecule has 0 saturated carbocycles. The van der Waals surface area contributed by atoms with E-state index in [4.69, 9.17) is 5.73 Å². The zero-order valence-electron chi connectivity index (χ0n) is 9.58. The molecular formula is C13H9Br2FN2O. The van der Waals surface area contributed by atoms with E-state index in [9.17, 15) is 9.18 Å². The zero-order valence-corrected chi connectivity index (χ0v) is 12.8. The average Bonchev–Trinajstić information content (AvgIpc) is 2.31. The van der Waals surface area contributed by atoms with Crippen molar-refractivity contribution < 1.29 is 9.18 Å². The lowest BCUT2D eigenvalue weighted by atomic mass is 10.2. The van der Waals surface area contributed by atoms with Crippen molar-refractivity contribution in [2.75, 3.05) is 11.1 Å². The fourth-order valence-corrected chi connectivity index (χ4v) is 2.82. The van der Waals surface area contributed by atoms with Crippen LogP contribution in [0.2, 0.25) is 0 Å². The molecule has 19 heavy (non-hydrogen) atoms. The summed E-state index contributed by atoms with van der Waals surface area (Å²) in [7, 11) is 0. The van der Waals surface area contributed by atoms with Crippen LogP contribution < -0.4 is 11.1 Å². The minimum Gasteiger partial charge on any atom is -0.397 e. The summed E-state index contributed by atoms with van der Waals surface area (Å²) in [6, 6.07) is 9.01. The van der Waals surface area contributed by atoms with Gasteiger partial charge in [-0.2, -0.15) is 0 Å². The summed E-state index contributed by atoms with van der Waals surface area (Å²) in [5.41, 5.74) is 6.66. The molecule has 1 amide bonds. The summed E-state index contributed by atoms with van der Waals surface area (Å²) in [4.78, 5) is 12.1. The number of amides is 1. The number of anilines is 2. The molecule has 0 aromatic heterocycles. The van der Waals surface area contributed by atoms with Crippen LogP contribution in [-0.4, -0.2) is 5.91 Å². The zero-order chi connectivity index (χ0) is 14.0.